The summed E-state index contributed by atoms with van der Waals surface area (Å²) in [6.45, 7) is 2.54. The maximum Gasteiger partial charge on any atom is 0.278 e. The molecule has 0 aliphatic rings. The Balaban J connectivity index is 3.75. The highest BCUT2D eigenvalue weighted by Crippen LogP contribution is 1.89. The second-order valence-electron chi connectivity index (χ2n) is 2.54. The molecule has 0 aliphatic carbocycles. The molecule has 0 aromatic carbocycles. The summed E-state index contributed by atoms with van der Waals surface area (Å²) < 4.78 is 25.7. The Bertz CT molecular complexity index is 187. The monoisotopic (exact) mass is 180 g/mol. The maximum atomic E-state index is 11.0. The average molecular weight is 180 g/mol. The lowest BCUT2D eigenvalue weighted by molar-refractivity contribution is 0.504. The highest BCUT2D eigenvalue weighted by molar-refractivity contribution is 7.87. The molecule has 0 aromatic heterocycles. The largest absolute Gasteiger partial charge is 0.278 e. The minimum Gasteiger partial charge on any atom is -0.202 e. The van der Waals surface area contributed by atoms with E-state index in [1.165, 1.54) is 18.4 Å². The summed E-state index contributed by atoms with van der Waals surface area (Å²) in [6, 6.07) is 0. The molecule has 4 nitrogen and oxygen atoms in total. The van der Waals surface area contributed by atoms with Gasteiger partial charge < -0.3 is 0 Å². The zero-order valence-electron chi connectivity index (χ0n) is 7.29. The Morgan fingerprint density at radius 1 is 1.36 bits per heavy atom. The Kier molecular flexibility index (Phi) is 4.63. The molecule has 0 saturated carbocycles. The van der Waals surface area contributed by atoms with Crippen LogP contribution in [0.2, 0.25) is 0 Å². The van der Waals surface area contributed by atoms with Gasteiger partial charge in [0.05, 0.1) is 0 Å². The van der Waals surface area contributed by atoms with Crippen LogP contribution in [0.25, 0.3) is 0 Å². The number of hydrogen-bond acceptors (Lipinski definition) is 2. The molecule has 0 rings (SSSR count). The molecule has 0 bridgehead atoms. The van der Waals surface area contributed by atoms with Crippen molar-refractivity contribution in [3.63, 3.8) is 0 Å². The zero-order chi connectivity index (χ0) is 8.91. The van der Waals surface area contributed by atoms with Gasteiger partial charge in [-0.15, -0.1) is 0 Å². The van der Waals surface area contributed by atoms with Crippen LogP contribution in [0.4, 0.5) is 0 Å². The molecule has 0 aromatic rings. The van der Waals surface area contributed by atoms with Gasteiger partial charge in [-0.1, -0.05) is 13.3 Å². The number of rotatable bonds is 5. The lowest BCUT2D eigenvalue weighted by Gasteiger charge is -2.11. The van der Waals surface area contributed by atoms with E-state index in [1.807, 2.05) is 6.92 Å². The maximum absolute atomic E-state index is 11.0. The standard InChI is InChI=1S/C6H16N2O2S/c1-4-5-6-7-11(9,10)8(2)3/h7H,4-6H2,1-3H3. The molecule has 0 radical (unpaired) electrons. The van der Waals surface area contributed by atoms with Crippen molar-refractivity contribution in [2.45, 2.75) is 19.8 Å². The molecule has 0 unspecified atom stereocenters. The minimum absolute atomic E-state index is 0.525. The summed E-state index contributed by atoms with van der Waals surface area (Å²) >= 11 is 0. The van der Waals surface area contributed by atoms with Crippen LogP contribution >= 0.6 is 0 Å². The first-order chi connectivity index (χ1) is 5.00. The smallest absolute Gasteiger partial charge is 0.202 e. The van der Waals surface area contributed by atoms with E-state index in [0.29, 0.717) is 6.54 Å². The molecule has 1 N–H and O–H groups in total. The lowest BCUT2D eigenvalue weighted by Crippen LogP contribution is -2.36. The van der Waals surface area contributed by atoms with Crippen molar-refractivity contribution >= 4 is 10.2 Å². The normalized spacial score (nSPS) is 12.4. The summed E-state index contributed by atoms with van der Waals surface area (Å²) in [6.07, 6.45) is 1.88. The molecular weight excluding hydrogens is 164 g/mol. The van der Waals surface area contributed by atoms with Gasteiger partial charge in [-0.05, 0) is 6.42 Å². The molecule has 0 atom stereocenters. The van der Waals surface area contributed by atoms with Gasteiger partial charge in [-0.3, -0.25) is 0 Å². The van der Waals surface area contributed by atoms with Crippen LogP contribution in [0.1, 0.15) is 19.8 Å². The topological polar surface area (TPSA) is 49.4 Å². The molecule has 0 fully saturated rings. The average Bonchev–Trinajstić information content (AvgIpc) is 1.88. The van der Waals surface area contributed by atoms with Crippen LogP contribution in [0, 0.1) is 0 Å². The van der Waals surface area contributed by atoms with Gasteiger partial charge in [0.15, 0.2) is 0 Å². The summed E-state index contributed by atoms with van der Waals surface area (Å²) in [5, 5.41) is 0. The quantitative estimate of drug-likeness (QED) is 0.614. The van der Waals surface area contributed by atoms with Gasteiger partial charge in [0, 0.05) is 20.6 Å². The number of nitrogens with one attached hydrogen (secondary N) is 1. The summed E-state index contributed by atoms with van der Waals surface area (Å²) in [7, 11) is -0.171. The molecule has 0 amide bonds. The van der Waals surface area contributed by atoms with E-state index in [0.717, 1.165) is 12.8 Å². The third-order valence-electron chi connectivity index (χ3n) is 1.30. The first-order valence-electron chi connectivity index (χ1n) is 3.68. The first-order valence-corrected chi connectivity index (χ1v) is 5.12. The molecule has 0 spiro atoms. The Hall–Kier alpha value is -0.130. The summed E-state index contributed by atoms with van der Waals surface area (Å²) in [5.74, 6) is 0. The van der Waals surface area contributed by atoms with Gasteiger partial charge in [0.2, 0.25) is 0 Å². The van der Waals surface area contributed by atoms with E-state index < -0.39 is 10.2 Å². The Labute approximate surface area is 68.8 Å². The van der Waals surface area contributed by atoms with Crippen molar-refractivity contribution < 1.29 is 8.42 Å². The van der Waals surface area contributed by atoms with Crippen molar-refractivity contribution in [1.82, 2.24) is 9.03 Å². The van der Waals surface area contributed by atoms with Crippen molar-refractivity contribution in [2.75, 3.05) is 20.6 Å². The Morgan fingerprint density at radius 3 is 2.27 bits per heavy atom. The zero-order valence-corrected chi connectivity index (χ0v) is 8.11. The van der Waals surface area contributed by atoms with Gasteiger partial charge in [0.1, 0.15) is 0 Å². The van der Waals surface area contributed by atoms with E-state index in [9.17, 15) is 8.42 Å². The molecule has 68 valence electrons. The van der Waals surface area contributed by atoms with E-state index in [-0.39, 0.29) is 0 Å². The van der Waals surface area contributed by atoms with Crippen molar-refractivity contribution in [3.05, 3.63) is 0 Å². The van der Waals surface area contributed by atoms with E-state index in [2.05, 4.69) is 4.72 Å². The van der Waals surface area contributed by atoms with Crippen molar-refractivity contribution in [2.24, 2.45) is 0 Å². The fourth-order valence-corrected chi connectivity index (χ4v) is 1.17. The molecule has 0 aliphatic heterocycles. The van der Waals surface area contributed by atoms with E-state index in [1.54, 1.807) is 0 Å². The van der Waals surface area contributed by atoms with Gasteiger partial charge in [-0.25, -0.2) is 4.72 Å². The summed E-state index contributed by atoms with van der Waals surface area (Å²) in [4.78, 5) is 0. The minimum atomic E-state index is -3.19. The predicted octanol–water partition coefficient (Wildman–Crippen LogP) is 0.183. The molecule has 0 saturated heterocycles. The SMILES string of the molecule is CCCCNS(=O)(=O)N(C)C. The third-order valence-corrected chi connectivity index (χ3v) is 2.83. The van der Waals surface area contributed by atoms with Gasteiger partial charge >= 0.3 is 0 Å². The van der Waals surface area contributed by atoms with Crippen molar-refractivity contribution in [3.8, 4) is 0 Å². The first kappa shape index (κ1) is 10.9. The summed E-state index contributed by atoms with van der Waals surface area (Å²) in [5.41, 5.74) is 0. The lowest BCUT2D eigenvalue weighted by atomic mass is 10.3. The highest BCUT2D eigenvalue weighted by atomic mass is 32.2. The molecule has 0 heterocycles. The van der Waals surface area contributed by atoms with Crippen LogP contribution in [-0.2, 0) is 10.2 Å². The molecule has 5 heteroatoms. The number of unbranched alkanes of at least 4 members (excludes halogenated alkanes) is 1. The van der Waals surface area contributed by atoms with Crippen LogP contribution in [-0.4, -0.2) is 33.4 Å². The second-order valence-corrected chi connectivity index (χ2v) is 4.50. The molecular formula is C6H16N2O2S. The predicted molar refractivity (Wildman–Crippen MR) is 45.5 cm³/mol. The Morgan fingerprint density at radius 2 is 1.91 bits per heavy atom. The molecule has 11 heavy (non-hydrogen) atoms. The number of nitrogens with zero attached hydrogens (tertiary/aromatic N) is 1. The fourth-order valence-electron chi connectivity index (χ4n) is 0.507. The second kappa shape index (κ2) is 4.69. The van der Waals surface area contributed by atoms with Crippen LogP contribution in [0.5, 0.6) is 0 Å². The highest BCUT2D eigenvalue weighted by Gasteiger charge is 2.10. The van der Waals surface area contributed by atoms with Crippen molar-refractivity contribution in [1.29, 1.82) is 0 Å². The van der Waals surface area contributed by atoms with Gasteiger partial charge in [-0.2, -0.15) is 12.7 Å². The van der Waals surface area contributed by atoms with E-state index >= 15 is 0 Å². The van der Waals surface area contributed by atoms with Gasteiger partial charge in [0.25, 0.3) is 10.2 Å². The van der Waals surface area contributed by atoms with Crippen LogP contribution < -0.4 is 4.72 Å². The third kappa shape index (κ3) is 4.34. The number of hydrogen-bond donors (Lipinski definition) is 1. The van der Waals surface area contributed by atoms with E-state index in [4.69, 9.17) is 0 Å². The fraction of sp³-hybridized carbons (Fsp3) is 1.00. The van der Waals surface area contributed by atoms with Crippen LogP contribution in [0.15, 0.2) is 0 Å². The van der Waals surface area contributed by atoms with Crippen LogP contribution in [0.3, 0.4) is 0 Å².